The maximum absolute atomic E-state index is 11.8. The molecule has 166 valence electrons. The Hall–Kier alpha value is -0.730. The first-order valence-corrected chi connectivity index (χ1v) is 10.9. The summed E-state index contributed by atoms with van der Waals surface area (Å²) in [6, 6.07) is 0. The Morgan fingerprint density at radius 2 is 1.36 bits per heavy atom. The Bertz CT molecular complexity index is 402. The highest BCUT2D eigenvalue weighted by molar-refractivity contribution is 5.69. The summed E-state index contributed by atoms with van der Waals surface area (Å²) in [5.41, 5.74) is 0. The van der Waals surface area contributed by atoms with Gasteiger partial charge < -0.3 is 29.5 Å². The van der Waals surface area contributed by atoms with Gasteiger partial charge in [0, 0.05) is 13.5 Å². The molecule has 0 aliphatic carbocycles. The van der Waals surface area contributed by atoms with Gasteiger partial charge in [-0.1, -0.05) is 71.1 Å². The Labute approximate surface area is 169 Å². The molecule has 1 rings (SSSR count). The molecule has 1 fully saturated rings. The summed E-state index contributed by atoms with van der Waals surface area (Å²) in [7, 11) is 1.33. The predicted octanol–water partition coefficient (Wildman–Crippen LogP) is 2.68. The maximum Gasteiger partial charge on any atom is 0.305 e. The van der Waals surface area contributed by atoms with Crippen LogP contribution in [-0.4, -0.2) is 65.7 Å². The molecule has 5 atom stereocenters. The first kappa shape index (κ1) is 25.3. The Morgan fingerprint density at radius 3 is 1.89 bits per heavy atom. The van der Waals surface area contributed by atoms with Crippen LogP contribution in [0.4, 0.5) is 0 Å². The molecule has 0 aromatic rings. The van der Waals surface area contributed by atoms with Gasteiger partial charge in [0.05, 0.1) is 0 Å². The van der Waals surface area contributed by atoms with E-state index in [1.807, 2.05) is 0 Å². The van der Waals surface area contributed by atoms with Gasteiger partial charge >= 0.3 is 5.97 Å². The zero-order chi connectivity index (χ0) is 20.8. The lowest BCUT2D eigenvalue weighted by Gasteiger charge is -2.39. The minimum atomic E-state index is -1.41. The van der Waals surface area contributed by atoms with Gasteiger partial charge in [-0.25, -0.2) is 0 Å². The van der Waals surface area contributed by atoms with E-state index in [9.17, 15) is 20.1 Å². The van der Waals surface area contributed by atoms with Crippen LogP contribution in [0.2, 0.25) is 0 Å². The number of unbranched alkanes of at least 4 members (excludes halogenated alkanes) is 10. The molecule has 0 aromatic carbocycles. The lowest BCUT2D eigenvalue weighted by molar-refractivity contribution is -0.295. The first-order valence-electron chi connectivity index (χ1n) is 10.9. The number of carbonyl (C=O) groups is 1. The van der Waals surface area contributed by atoms with Gasteiger partial charge in [-0.05, 0) is 6.42 Å². The second kappa shape index (κ2) is 15.2. The number of methoxy groups -OCH3 is 1. The third-order valence-corrected chi connectivity index (χ3v) is 5.29. The SMILES string of the molecule is CCCCCCCCCCCCCC(=O)OC[C@H]1O[C@@H](OC)[C@H](O)[C@@H](O)[C@@H]1O. The molecule has 1 saturated heterocycles. The minimum absolute atomic E-state index is 0.179. The van der Waals surface area contributed by atoms with Crippen LogP contribution in [0.5, 0.6) is 0 Å². The second-order valence-electron chi connectivity index (χ2n) is 7.72. The highest BCUT2D eigenvalue weighted by Gasteiger charge is 2.44. The van der Waals surface area contributed by atoms with E-state index in [-0.39, 0.29) is 12.6 Å². The third-order valence-electron chi connectivity index (χ3n) is 5.29. The third kappa shape index (κ3) is 9.65. The summed E-state index contributed by atoms with van der Waals surface area (Å²) in [4.78, 5) is 11.8. The molecular weight excluding hydrogens is 364 g/mol. The summed E-state index contributed by atoms with van der Waals surface area (Å²) in [5, 5.41) is 29.4. The topological polar surface area (TPSA) is 105 Å². The van der Waals surface area contributed by atoms with Crippen LogP contribution in [0.25, 0.3) is 0 Å². The smallest absolute Gasteiger partial charge is 0.305 e. The van der Waals surface area contributed by atoms with Crippen molar-refractivity contribution in [2.24, 2.45) is 0 Å². The minimum Gasteiger partial charge on any atom is -0.463 e. The van der Waals surface area contributed by atoms with E-state index in [1.165, 1.54) is 58.5 Å². The van der Waals surface area contributed by atoms with Gasteiger partial charge in [-0.15, -0.1) is 0 Å². The van der Waals surface area contributed by atoms with Crippen molar-refractivity contribution < 1.29 is 34.3 Å². The Balaban J connectivity index is 2.03. The van der Waals surface area contributed by atoms with Crippen molar-refractivity contribution in [2.45, 2.75) is 115 Å². The quantitative estimate of drug-likeness (QED) is 0.285. The van der Waals surface area contributed by atoms with Gasteiger partial charge in [0.2, 0.25) is 0 Å². The molecule has 0 radical (unpaired) electrons. The van der Waals surface area contributed by atoms with E-state index >= 15 is 0 Å². The van der Waals surface area contributed by atoms with E-state index < -0.39 is 30.7 Å². The van der Waals surface area contributed by atoms with Gasteiger partial charge in [0.1, 0.15) is 31.0 Å². The fourth-order valence-corrected chi connectivity index (χ4v) is 3.43. The van der Waals surface area contributed by atoms with Crippen LogP contribution < -0.4 is 0 Å². The van der Waals surface area contributed by atoms with Gasteiger partial charge in [-0.2, -0.15) is 0 Å². The van der Waals surface area contributed by atoms with E-state index in [1.54, 1.807) is 0 Å². The van der Waals surface area contributed by atoms with Crippen molar-refractivity contribution >= 4 is 5.97 Å². The molecule has 0 saturated carbocycles. The summed E-state index contributed by atoms with van der Waals surface area (Å²) >= 11 is 0. The lowest BCUT2D eigenvalue weighted by Crippen LogP contribution is -2.59. The number of rotatable bonds is 15. The van der Waals surface area contributed by atoms with Crippen LogP contribution in [-0.2, 0) is 19.0 Å². The van der Waals surface area contributed by atoms with Gasteiger partial charge in [0.15, 0.2) is 6.29 Å². The summed E-state index contributed by atoms with van der Waals surface area (Å²) in [6.45, 7) is 2.05. The molecule has 0 spiro atoms. The number of hydrogen-bond acceptors (Lipinski definition) is 7. The molecular formula is C21H40O7. The van der Waals surface area contributed by atoms with Crippen LogP contribution >= 0.6 is 0 Å². The average molecular weight is 405 g/mol. The molecule has 0 amide bonds. The van der Waals surface area contributed by atoms with Crippen molar-refractivity contribution in [3.63, 3.8) is 0 Å². The molecule has 28 heavy (non-hydrogen) atoms. The zero-order valence-electron chi connectivity index (χ0n) is 17.6. The first-order chi connectivity index (χ1) is 13.5. The van der Waals surface area contributed by atoms with Crippen LogP contribution in [0.3, 0.4) is 0 Å². The molecule has 0 bridgehead atoms. The Kier molecular flexibility index (Phi) is 13.7. The number of hydrogen-bond donors (Lipinski definition) is 3. The van der Waals surface area contributed by atoms with Crippen molar-refractivity contribution in [1.82, 2.24) is 0 Å². The molecule has 1 aliphatic heterocycles. The fourth-order valence-electron chi connectivity index (χ4n) is 3.43. The predicted molar refractivity (Wildman–Crippen MR) is 106 cm³/mol. The number of esters is 1. The summed E-state index contributed by atoms with van der Waals surface area (Å²) in [5.74, 6) is -0.346. The van der Waals surface area contributed by atoms with Gasteiger partial charge in [-0.3, -0.25) is 4.79 Å². The molecule has 3 N–H and O–H groups in total. The number of aliphatic hydroxyl groups is 3. The summed E-state index contributed by atoms with van der Waals surface area (Å²) < 4.78 is 15.4. The van der Waals surface area contributed by atoms with Crippen molar-refractivity contribution in [3.05, 3.63) is 0 Å². The second-order valence-corrected chi connectivity index (χ2v) is 7.72. The molecule has 7 nitrogen and oxygen atoms in total. The Morgan fingerprint density at radius 1 is 0.821 bits per heavy atom. The largest absolute Gasteiger partial charge is 0.463 e. The van der Waals surface area contributed by atoms with E-state index in [0.29, 0.717) is 6.42 Å². The van der Waals surface area contributed by atoms with Crippen molar-refractivity contribution in [2.75, 3.05) is 13.7 Å². The highest BCUT2D eigenvalue weighted by Crippen LogP contribution is 2.22. The number of aliphatic hydroxyl groups excluding tert-OH is 3. The van der Waals surface area contributed by atoms with Gasteiger partial charge in [0.25, 0.3) is 0 Å². The van der Waals surface area contributed by atoms with Crippen LogP contribution in [0, 0.1) is 0 Å². The molecule has 0 aromatic heterocycles. The van der Waals surface area contributed by atoms with Crippen molar-refractivity contribution in [1.29, 1.82) is 0 Å². The normalized spacial score (nSPS) is 27.7. The van der Waals surface area contributed by atoms with Crippen LogP contribution in [0.15, 0.2) is 0 Å². The lowest BCUT2D eigenvalue weighted by atomic mass is 9.99. The van der Waals surface area contributed by atoms with E-state index in [0.717, 1.165) is 19.3 Å². The monoisotopic (exact) mass is 404 g/mol. The fraction of sp³-hybridized carbons (Fsp3) is 0.952. The van der Waals surface area contributed by atoms with Crippen molar-refractivity contribution in [3.8, 4) is 0 Å². The van der Waals surface area contributed by atoms with E-state index in [4.69, 9.17) is 14.2 Å². The maximum atomic E-state index is 11.8. The standard InChI is InChI=1S/C21H40O7/c1-3-4-5-6-7-8-9-10-11-12-13-14-17(22)27-15-16-18(23)19(24)20(25)21(26-2)28-16/h16,18-21,23-25H,3-15H2,1-2H3/t16-,18-,19+,20-,21-/m1/s1. The zero-order valence-corrected chi connectivity index (χ0v) is 17.6. The highest BCUT2D eigenvalue weighted by atomic mass is 16.7. The van der Waals surface area contributed by atoms with Crippen LogP contribution in [0.1, 0.15) is 84.0 Å². The molecule has 7 heteroatoms. The molecule has 1 heterocycles. The number of carbonyl (C=O) groups excluding carboxylic acids is 1. The number of ether oxygens (including phenoxy) is 3. The summed E-state index contributed by atoms with van der Waals surface area (Å²) in [6.07, 6.45) is 7.62. The van der Waals surface area contributed by atoms with E-state index in [2.05, 4.69) is 6.92 Å². The molecule has 1 aliphatic rings. The average Bonchev–Trinajstić information content (AvgIpc) is 2.69. The molecule has 0 unspecified atom stereocenters.